The van der Waals surface area contributed by atoms with Crippen LogP contribution in [0, 0.1) is 0 Å². The van der Waals surface area contributed by atoms with Crippen molar-refractivity contribution >= 4 is 30.2 Å². The molecule has 0 fully saturated rings. The number of aliphatic hydroxyl groups excluding tert-OH is 4. The Bertz CT molecular complexity index is 624. The van der Waals surface area contributed by atoms with Crippen molar-refractivity contribution in [3.8, 4) is 0 Å². The van der Waals surface area contributed by atoms with Gasteiger partial charge < -0.3 is 50.1 Å². The van der Waals surface area contributed by atoms with Crippen molar-refractivity contribution in [1.29, 1.82) is 0 Å². The van der Waals surface area contributed by atoms with Gasteiger partial charge in [0.1, 0.15) is 18.3 Å². The van der Waals surface area contributed by atoms with E-state index in [0.717, 1.165) is 9.80 Å². The van der Waals surface area contributed by atoms with E-state index >= 15 is 0 Å². The van der Waals surface area contributed by atoms with Gasteiger partial charge in [-0.25, -0.2) is 0 Å². The smallest absolute Gasteiger partial charge is 0.549 e. The minimum Gasteiger partial charge on any atom is -0.549 e. The third kappa shape index (κ3) is 16.6. The molecule has 0 spiro atoms. The van der Waals surface area contributed by atoms with E-state index in [1.54, 1.807) is 0 Å². The summed E-state index contributed by atoms with van der Waals surface area (Å²) in [7, 11) is 0. The summed E-state index contributed by atoms with van der Waals surface area (Å²) in [4.78, 5) is 57.2. The molecule has 4 atom stereocenters. The van der Waals surface area contributed by atoms with E-state index in [0.29, 0.717) is 0 Å². The Labute approximate surface area is 232 Å². The number of esters is 1. The van der Waals surface area contributed by atoms with Gasteiger partial charge in [0, 0.05) is 26.2 Å². The van der Waals surface area contributed by atoms with Crippen LogP contribution in [0.1, 0.15) is 0 Å². The summed E-state index contributed by atoms with van der Waals surface area (Å²) < 4.78 is 4.65. The number of hydrogen-bond acceptors (Lipinski definition) is 14. The maximum atomic E-state index is 12.0. The molecule has 0 aromatic carbocycles. The number of aliphatic hydroxyl groups is 4. The topological polar surface area (TPSA) is 248 Å². The first-order valence-corrected chi connectivity index (χ1v) is 8.77. The molecule has 15 nitrogen and oxygen atoms in total. The first-order valence-electron chi connectivity index (χ1n) is 8.77. The number of carbonyl (C=O) groups excluding carboxylic acids is 4. The summed E-state index contributed by atoms with van der Waals surface area (Å²) in [6.07, 6.45) is -8.01. The van der Waals surface area contributed by atoms with Crippen LogP contribution in [-0.2, 0) is 28.7 Å². The molecule has 0 amide bonds. The van der Waals surface area contributed by atoms with E-state index in [1.165, 1.54) is 0 Å². The van der Waals surface area contributed by atoms with Crippen LogP contribution in [0.25, 0.3) is 0 Å². The quantitative estimate of drug-likeness (QED) is 0.0709. The number of aliphatic carboxylic acids is 3. The maximum absolute atomic E-state index is 12.0. The van der Waals surface area contributed by atoms with Crippen LogP contribution in [0.4, 0.5) is 0 Å². The summed E-state index contributed by atoms with van der Waals surface area (Å²) in [5.74, 6) is -5.82. The fourth-order valence-electron chi connectivity index (χ4n) is 2.35. The second-order valence-corrected chi connectivity index (χ2v) is 6.38. The van der Waals surface area contributed by atoms with Crippen LogP contribution in [-0.4, -0.2) is 136 Å². The fraction of sp³-hybridized carbons (Fsp3) is 0.688. The summed E-state index contributed by atoms with van der Waals surface area (Å²) in [6.45, 7) is -4.72. The Morgan fingerprint density at radius 1 is 0.848 bits per heavy atom. The summed E-state index contributed by atoms with van der Waals surface area (Å²) in [6, 6.07) is 0. The number of carbonyl (C=O) groups is 5. The van der Waals surface area contributed by atoms with E-state index in [-0.39, 0.29) is 78.5 Å². The molecule has 17 heteroatoms. The number of nitrogens with zero attached hydrogens (tertiary/aromatic N) is 2. The molecule has 0 aliphatic heterocycles. The molecular weight excluding hydrogens is 474 g/mol. The minimum atomic E-state index is -2.10. The molecule has 0 saturated carbocycles. The van der Waals surface area contributed by atoms with Crippen LogP contribution in [0.3, 0.4) is 0 Å². The zero-order chi connectivity index (χ0) is 24.1. The third-order valence-electron chi connectivity index (χ3n) is 3.82. The van der Waals surface area contributed by atoms with Gasteiger partial charge in [-0.15, -0.1) is 0 Å². The molecule has 0 rings (SSSR count). The molecule has 5 N–H and O–H groups in total. The monoisotopic (exact) mass is 498 g/mol. The average molecular weight is 498 g/mol. The van der Waals surface area contributed by atoms with Crippen molar-refractivity contribution in [3.63, 3.8) is 0 Å². The second-order valence-electron chi connectivity index (χ2n) is 6.38. The van der Waals surface area contributed by atoms with Crippen molar-refractivity contribution < 1.29 is 124 Å². The fourth-order valence-corrected chi connectivity index (χ4v) is 2.35. The van der Waals surface area contributed by atoms with E-state index < -0.39 is 81.1 Å². The normalized spacial score (nSPS) is 14.2. The Balaban J connectivity index is -0.00000450. The Hall–Kier alpha value is -0.690. The van der Waals surface area contributed by atoms with Gasteiger partial charge in [-0.3, -0.25) is 24.2 Å². The predicted molar refractivity (Wildman–Crippen MR) is 91.6 cm³/mol. The molecule has 0 aromatic heterocycles. The zero-order valence-electron chi connectivity index (χ0n) is 18.2. The Kier molecular flexibility index (Phi) is 21.9. The van der Waals surface area contributed by atoms with Gasteiger partial charge >= 0.3 is 71.1 Å². The van der Waals surface area contributed by atoms with Gasteiger partial charge in [-0.2, -0.15) is 0 Å². The van der Waals surface area contributed by atoms with Gasteiger partial charge in [0.25, 0.3) is 0 Å². The Morgan fingerprint density at radius 2 is 1.30 bits per heavy atom. The van der Waals surface area contributed by atoms with Gasteiger partial charge in [0.05, 0.1) is 31.6 Å². The summed E-state index contributed by atoms with van der Waals surface area (Å²) in [5.41, 5.74) is 0. The zero-order valence-corrected chi connectivity index (χ0v) is 22.2. The van der Waals surface area contributed by atoms with Gasteiger partial charge in [-0.05, 0) is 0 Å². The van der Waals surface area contributed by atoms with Crippen molar-refractivity contribution in [3.05, 3.63) is 0 Å². The first kappa shape index (κ1) is 36.9. The van der Waals surface area contributed by atoms with Crippen LogP contribution in [0.2, 0.25) is 0 Å². The predicted octanol–water partition coefficient (Wildman–Crippen LogP) is -13.6. The number of hydrogen-bond donors (Lipinski definition) is 5. The molecule has 0 bridgehead atoms. The van der Waals surface area contributed by atoms with Crippen molar-refractivity contribution in [2.75, 3.05) is 45.9 Å². The average Bonchev–Trinajstić information content (AvgIpc) is 2.66. The van der Waals surface area contributed by atoms with Crippen molar-refractivity contribution in [2.24, 2.45) is 0 Å². The molecule has 0 saturated heterocycles. The minimum absolute atomic E-state index is 0. The van der Waals surface area contributed by atoms with Crippen LogP contribution in [0.5, 0.6) is 0 Å². The molecule has 33 heavy (non-hydrogen) atoms. The van der Waals surface area contributed by atoms with Gasteiger partial charge in [-0.1, -0.05) is 0 Å². The number of ether oxygens (including phenoxy) is 1. The standard InChI is InChI=1S/C16H26N2O13.2Na/c19-7-9(21)15(29)16(30)10(8-20)31-14(28)6-18(5-13(26)27)2-1-17(3-11(22)23)4-12(24)25;;/h8-10,15-16,19,21,29-30H,1-7H2,(H,22,23)(H,24,25)(H,26,27);;/q;2*+1/p-2/t9-,10+,15-,16-;;/m1../s1. The molecule has 0 heterocycles. The van der Waals surface area contributed by atoms with Gasteiger partial charge in [0.15, 0.2) is 12.4 Å². The van der Waals surface area contributed by atoms with Crippen LogP contribution >= 0.6 is 0 Å². The van der Waals surface area contributed by atoms with Crippen molar-refractivity contribution in [1.82, 2.24) is 9.80 Å². The van der Waals surface area contributed by atoms with E-state index in [4.69, 9.17) is 10.2 Å². The van der Waals surface area contributed by atoms with E-state index in [9.17, 15) is 49.5 Å². The number of aldehydes is 1. The van der Waals surface area contributed by atoms with Crippen LogP contribution in [0.15, 0.2) is 0 Å². The Morgan fingerprint density at radius 3 is 1.67 bits per heavy atom. The molecule has 0 aromatic rings. The maximum Gasteiger partial charge on any atom is 1.00 e. The van der Waals surface area contributed by atoms with E-state index in [1.807, 2.05) is 0 Å². The number of carboxylic acid groups (broad SMARTS) is 3. The number of carboxylic acids is 3. The SMILES string of the molecule is O=C[C@H](OC(=O)CN(CCN(CC(=O)[O-])CC(=O)O)CC(=O)[O-])[C@@H](O)[C@H](O)[C@H](O)CO.[Na+].[Na+]. The molecule has 0 unspecified atom stereocenters. The van der Waals surface area contributed by atoms with Gasteiger partial charge in [0.2, 0.25) is 0 Å². The molecule has 0 aliphatic rings. The molecule has 0 radical (unpaired) electrons. The first-order chi connectivity index (χ1) is 14.4. The summed E-state index contributed by atoms with van der Waals surface area (Å²) in [5, 5.41) is 67.7. The van der Waals surface area contributed by atoms with Crippen LogP contribution < -0.4 is 69.3 Å². The second kappa shape index (κ2) is 19.6. The molecular formula is C16H24N2Na2O13. The molecule has 0 aliphatic carbocycles. The van der Waals surface area contributed by atoms with Crippen molar-refractivity contribution in [2.45, 2.75) is 24.4 Å². The largest absolute Gasteiger partial charge is 1.00 e. The molecule has 178 valence electrons. The van der Waals surface area contributed by atoms with E-state index in [2.05, 4.69) is 4.74 Å². The number of rotatable bonds is 17. The summed E-state index contributed by atoms with van der Waals surface area (Å²) >= 11 is 0. The third-order valence-corrected chi connectivity index (χ3v) is 3.82.